The summed E-state index contributed by atoms with van der Waals surface area (Å²) in [5, 5.41) is 18.4. The van der Waals surface area contributed by atoms with Gasteiger partial charge in [-0.1, -0.05) is 58.3 Å². The number of unbranched alkanes of at least 4 members (excludes halogenated alkanes) is 8. The molecule has 142 valence electrons. The molecule has 0 amide bonds. The van der Waals surface area contributed by atoms with Crippen molar-refractivity contribution in [1.82, 2.24) is 0 Å². The monoisotopic (exact) mass is 342 g/mol. The van der Waals surface area contributed by atoms with Crippen molar-refractivity contribution in [3.8, 4) is 0 Å². The summed E-state index contributed by atoms with van der Waals surface area (Å²) in [4.78, 5) is 10.6. The van der Waals surface area contributed by atoms with E-state index in [0.29, 0.717) is 30.0 Å². The number of likely N-dealkylation sites (N-methyl/N-ethyl adjacent to an activating group) is 1. The largest absolute Gasteiger partial charge is 0.544 e. The highest BCUT2D eigenvalue weighted by molar-refractivity contribution is 5.72. The minimum atomic E-state index is -1.03. The van der Waals surface area contributed by atoms with Crippen LogP contribution in [0.1, 0.15) is 77.6 Å². The Kier molecular flexibility index (Phi) is 13.6. The molecule has 0 aromatic rings. The summed E-state index contributed by atoms with van der Waals surface area (Å²) in [5.41, 5.74) is 0. The molecule has 0 aromatic heterocycles. The number of carboxylic acids is 1. The summed E-state index contributed by atoms with van der Waals surface area (Å²) in [6, 6.07) is 0. The van der Waals surface area contributed by atoms with Crippen LogP contribution in [-0.4, -0.2) is 50.1 Å². The molecule has 0 rings (SSSR count). The zero-order valence-electron chi connectivity index (χ0n) is 16.1. The van der Waals surface area contributed by atoms with E-state index in [1.807, 2.05) is 14.1 Å². The van der Waals surface area contributed by atoms with Gasteiger partial charge in [-0.2, -0.15) is 0 Å². The second kappa shape index (κ2) is 14.3. The van der Waals surface area contributed by atoms with Gasteiger partial charge in [-0.05, 0) is 6.42 Å². The van der Waals surface area contributed by atoms with E-state index >= 15 is 0 Å². The van der Waals surface area contributed by atoms with Gasteiger partial charge in [0.05, 0.1) is 33.2 Å². The predicted octanol–water partition coefficient (Wildman–Crippen LogP) is 3.12. The molecule has 0 fully saturated rings. The molecule has 24 heavy (non-hydrogen) atoms. The van der Waals surface area contributed by atoms with Gasteiger partial charge in [-0.3, -0.25) is 5.41 Å². The van der Waals surface area contributed by atoms with E-state index < -0.39 is 5.97 Å². The Bertz CT molecular complexity index is 344. The molecule has 0 saturated carbocycles. The molecule has 0 heterocycles. The molecule has 0 aliphatic carbocycles. The highest BCUT2D eigenvalue weighted by Crippen LogP contribution is 2.10. The maximum atomic E-state index is 10.6. The number of carboxylic acid groups (broad SMARTS) is 1. The molecule has 1 N–H and O–H groups in total. The number of nitrogens with zero attached hydrogens (tertiary/aromatic N) is 1. The van der Waals surface area contributed by atoms with Crippen LogP contribution in [0.4, 0.5) is 0 Å². The third kappa shape index (κ3) is 15.8. The molecular weight excluding hydrogens is 304 g/mol. The first-order chi connectivity index (χ1) is 11.4. The van der Waals surface area contributed by atoms with Crippen LogP contribution in [0.25, 0.3) is 0 Å². The maximum absolute atomic E-state index is 10.6. The van der Waals surface area contributed by atoms with Gasteiger partial charge in [0.1, 0.15) is 6.54 Å². The standard InChI is InChI=1S/C19H38N2O3/c1-4-5-6-7-8-9-10-11-12-16-24-18(20)14-13-15-21(2,3)17-19(22)23/h20H,4-17H2,1-3H3. The zero-order valence-corrected chi connectivity index (χ0v) is 16.1. The number of nitrogens with one attached hydrogen (secondary N) is 1. The first kappa shape index (κ1) is 22.9. The van der Waals surface area contributed by atoms with Crippen molar-refractivity contribution < 1.29 is 19.1 Å². The lowest BCUT2D eigenvalue weighted by Crippen LogP contribution is -2.48. The van der Waals surface area contributed by atoms with Crippen LogP contribution in [0.5, 0.6) is 0 Å². The lowest BCUT2D eigenvalue weighted by molar-refractivity contribution is -0.884. The Morgan fingerprint density at radius 3 is 2.04 bits per heavy atom. The van der Waals surface area contributed by atoms with E-state index in [1.165, 1.54) is 51.4 Å². The summed E-state index contributed by atoms with van der Waals surface area (Å²) in [7, 11) is 3.73. The summed E-state index contributed by atoms with van der Waals surface area (Å²) in [5.74, 6) is -0.709. The number of hydrogen-bond acceptors (Lipinski definition) is 4. The number of rotatable bonds is 16. The number of hydrogen-bond donors (Lipinski definition) is 1. The zero-order chi connectivity index (χ0) is 18.3. The normalized spacial score (nSPS) is 11.5. The Morgan fingerprint density at radius 1 is 0.958 bits per heavy atom. The number of aliphatic carboxylic acids is 1. The van der Waals surface area contributed by atoms with Gasteiger partial charge >= 0.3 is 0 Å². The van der Waals surface area contributed by atoms with Gasteiger partial charge in [0.2, 0.25) is 0 Å². The first-order valence-electron chi connectivity index (χ1n) is 9.59. The smallest absolute Gasteiger partial charge is 0.180 e. The quantitative estimate of drug-likeness (QED) is 0.203. The van der Waals surface area contributed by atoms with Crippen molar-refractivity contribution in [3.63, 3.8) is 0 Å². The molecule has 0 unspecified atom stereocenters. The molecule has 0 aromatic carbocycles. The van der Waals surface area contributed by atoms with Gasteiger partial charge in [0.15, 0.2) is 5.90 Å². The fourth-order valence-electron chi connectivity index (χ4n) is 2.78. The molecule has 0 aliphatic rings. The Morgan fingerprint density at radius 2 is 1.50 bits per heavy atom. The van der Waals surface area contributed by atoms with Crippen molar-refractivity contribution >= 4 is 11.9 Å². The minimum absolute atomic E-state index is 0.00658. The SMILES string of the molecule is CCCCCCCCCCCOC(=N)CCC[N+](C)(C)CC(=O)[O-]. The highest BCUT2D eigenvalue weighted by Gasteiger charge is 2.15. The van der Waals surface area contributed by atoms with Crippen LogP contribution < -0.4 is 5.11 Å². The maximum Gasteiger partial charge on any atom is 0.180 e. The topological polar surface area (TPSA) is 73.2 Å². The van der Waals surface area contributed by atoms with E-state index in [1.54, 1.807) is 0 Å². The molecule has 0 atom stereocenters. The van der Waals surface area contributed by atoms with E-state index in [9.17, 15) is 9.90 Å². The highest BCUT2D eigenvalue weighted by atomic mass is 16.5. The van der Waals surface area contributed by atoms with Gasteiger partial charge in [0.25, 0.3) is 0 Å². The Hall–Kier alpha value is -1.10. The fourth-order valence-corrected chi connectivity index (χ4v) is 2.78. The number of ether oxygens (including phenoxy) is 1. The summed E-state index contributed by atoms with van der Waals surface area (Å²) >= 11 is 0. The molecule has 0 radical (unpaired) electrons. The summed E-state index contributed by atoms with van der Waals surface area (Å²) < 4.78 is 5.83. The van der Waals surface area contributed by atoms with Crippen LogP contribution in [-0.2, 0) is 9.53 Å². The van der Waals surface area contributed by atoms with E-state index in [2.05, 4.69) is 6.92 Å². The van der Waals surface area contributed by atoms with Crippen molar-refractivity contribution in [3.05, 3.63) is 0 Å². The minimum Gasteiger partial charge on any atom is -0.544 e. The van der Waals surface area contributed by atoms with E-state index in [0.717, 1.165) is 12.8 Å². The van der Waals surface area contributed by atoms with E-state index in [4.69, 9.17) is 10.1 Å². The number of quaternary nitrogens is 1. The molecule has 5 nitrogen and oxygen atoms in total. The van der Waals surface area contributed by atoms with Gasteiger partial charge < -0.3 is 19.1 Å². The lowest BCUT2D eigenvalue weighted by Gasteiger charge is -2.30. The number of carbonyl (C=O) groups excluding carboxylic acids is 1. The molecular formula is C19H38N2O3. The van der Waals surface area contributed by atoms with Gasteiger partial charge in [0, 0.05) is 12.8 Å². The fraction of sp³-hybridized carbons (Fsp3) is 0.895. The molecule has 5 heteroatoms. The van der Waals surface area contributed by atoms with Gasteiger partial charge in [-0.25, -0.2) is 0 Å². The molecule has 0 bridgehead atoms. The number of carbonyl (C=O) groups is 1. The Labute approximate surface area is 148 Å². The van der Waals surface area contributed by atoms with Crippen molar-refractivity contribution in [1.29, 1.82) is 5.41 Å². The lowest BCUT2D eigenvalue weighted by atomic mass is 10.1. The van der Waals surface area contributed by atoms with Crippen molar-refractivity contribution in [2.45, 2.75) is 77.6 Å². The van der Waals surface area contributed by atoms with Crippen LogP contribution >= 0.6 is 0 Å². The van der Waals surface area contributed by atoms with E-state index in [-0.39, 0.29) is 6.54 Å². The molecule has 0 saturated heterocycles. The van der Waals surface area contributed by atoms with Crippen molar-refractivity contribution in [2.24, 2.45) is 0 Å². The summed E-state index contributed by atoms with van der Waals surface area (Å²) in [6.45, 7) is 3.58. The third-order valence-corrected chi connectivity index (χ3v) is 4.25. The Balaban J connectivity index is 3.43. The second-order valence-corrected chi connectivity index (χ2v) is 7.39. The van der Waals surface area contributed by atoms with Crippen LogP contribution in [0.2, 0.25) is 0 Å². The third-order valence-electron chi connectivity index (χ3n) is 4.25. The van der Waals surface area contributed by atoms with Crippen LogP contribution in [0.15, 0.2) is 0 Å². The molecule has 0 spiro atoms. The van der Waals surface area contributed by atoms with Gasteiger partial charge in [-0.15, -0.1) is 0 Å². The van der Waals surface area contributed by atoms with Crippen LogP contribution in [0.3, 0.4) is 0 Å². The predicted molar refractivity (Wildman–Crippen MR) is 97.0 cm³/mol. The molecule has 0 aliphatic heterocycles. The van der Waals surface area contributed by atoms with Crippen molar-refractivity contribution in [2.75, 3.05) is 33.8 Å². The summed E-state index contributed by atoms with van der Waals surface area (Å²) in [6.07, 6.45) is 12.8. The average Bonchev–Trinajstić information content (AvgIpc) is 2.47. The second-order valence-electron chi connectivity index (χ2n) is 7.39. The average molecular weight is 343 g/mol. The van der Waals surface area contributed by atoms with Crippen LogP contribution in [0, 0.1) is 5.41 Å². The first-order valence-corrected chi connectivity index (χ1v) is 9.59.